The van der Waals surface area contributed by atoms with Gasteiger partial charge in [0.2, 0.25) is 5.91 Å². The molecule has 2 heterocycles. The van der Waals surface area contributed by atoms with Gasteiger partial charge < -0.3 is 9.80 Å². The highest BCUT2D eigenvalue weighted by atomic mass is 16.2. The number of rotatable bonds is 6. The number of carbonyl (C=O) groups excluding carboxylic acids is 1. The first-order chi connectivity index (χ1) is 9.62. The number of unbranched alkanes of at least 4 members (excludes halogenated alkanes) is 3. The third-order valence-corrected chi connectivity index (χ3v) is 5.53. The predicted molar refractivity (Wildman–Crippen MR) is 81.5 cm³/mol. The van der Waals surface area contributed by atoms with Crippen molar-refractivity contribution < 1.29 is 4.79 Å². The fourth-order valence-corrected chi connectivity index (χ4v) is 4.38. The average Bonchev–Trinajstić information content (AvgIpc) is 2.29. The third kappa shape index (κ3) is 2.74. The highest BCUT2D eigenvalue weighted by Crippen LogP contribution is 2.52. The lowest BCUT2D eigenvalue weighted by Gasteiger charge is -2.59. The monoisotopic (exact) mass is 278 g/mol. The predicted octanol–water partition coefficient (Wildman–Crippen LogP) is 2.76. The van der Waals surface area contributed by atoms with Gasteiger partial charge in [0.25, 0.3) is 0 Å². The van der Waals surface area contributed by atoms with Crippen molar-refractivity contribution in [3.8, 4) is 0 Å². The van der Waals surface area contributed by atoms with E-state index in [1.54, 1.807) is 0 Å². The second-order valence-corrected chi connectivity index (χ2v) is 7.72. The normalized spacial score (nSPS) is 26.2. The van der Waals surface area contributed by atoms with E-state index >= 15 is 0 Å². The standard InChI is InChI=1S/C17H30N2O/c1-3-4-5-6-7-18-12-17(13-18)8-15(9-17)16(20)19-10-14(2)11-19/h14-15H,3-13H2,1-2H3. The van der Waals surface area contributed by atoms with Gasteiger partial charge in [0.05, 0.1) is 0 Å². The summed E-state index contributed by atoms with van der Waals surface area (Å²) in [6.07, 6.45) is 7.78. The number of amides is 1. The minimum Gasteiger partial charge on any atom is -0.342 e. The first-order valence-electron chi connectivity index (χ1n) is 8.63. The van der Waals surface area contributed by atoms with Crippen LogP contribution in [0.5, 0.6) is 0 Å². The first-order valence-corrected chi connectivity index (χ1v) is 8.63. The van der Waals surface area contributed by atoms with E-state index in [-0.39, 0.29) is 0 Å². The van der Waals surface area contributed by atoms with Crippen LogP contribution in [0.1, 0.15) is 52.4 Å². The van der Waals surface area contributed by atoms with Crippen molar-refractivity contribution in [2.24, 2.45) is 17.3 Å². The highest BCUT2D eigenvalue weighted by Gasteiger charge is 2.54. The zero-order chi connectivity index (χ0) is 14.2. The molecule has 2 aliphatic heterocycles. The van der Waals surface area contributed by atoms with E-state index in [9.17, 15) is 4.79 Å². The minimum atomic E-state index is 0.366. The molecule has 20 heavy (non-hydrogen) atoms. The molecule has 1 saturated carbocycles. The highest BCUT2D eigenvalue weighted by molar-refractivity contribution is 5.80. The van der Waals surface area contributed by atoms with Crippen LogP contribution in [0.3, 0.4) is 0 Å². The smallest absolute Gasteiger partial charge is 0.225 e. The molecule has 114 valence electrons. The second kappa shape index (κ2) is 5.67. The van der Waals surface area contributed by atoms with Gasteiger partial charge in [-0.3, -0.25) is 4.79 Å². The van der Waals surface area contributed by atoms with Crippen molar-refractivity contribution in [2.75, 3.05) is 32.7 Å². The molecule has 0 aromatic rings. The number of hydrogen-bond donors (Lipinski definition) is 0. The molecule has 0 N–H and O–H groups in total. The summed E-state index contributed by atoms with van der Waals surface area (Å²) in [5.74, 6) is 1.55. The van der Waals surface area contributed by atoms with Gasteiger partial charge in [-0.2, -0.15) is 0 Å². The molecule has 0 aromatic heterocycles. The maximum Gasteiger partial charge on any atom is 0.225 e. The number of hydrogen-bond acceptors (Lipinski definition) is 2. The summed E-state index contributed by atoms with van der Waals surface area (Å²) in [4.78, 5) is 16.9. The van der Waals surface area contributed by atoms with Gasteiger partial charge in [0, 0.05) is 32.1 Å². The van der Waals surface area contributed by atoms with Crippen molar-refractivity contribution in [1.29, 1.82) is 0 Å². The van der Waals surface area contributed by atoms with Crippen molar-refractivity contribution in [3.05, 3.63) is 0 Å². The average molecular weight is 278 g/mol. The lowest BCUT2D eigenvalue weighted by molar-refractivity contribution is -0.160. The maximum atomic E-state index is 12.2. The molecule has 0 atom stereocenters. The molecule has 0 bridgehead atoms. The summed E-state index contributed by atoms with van der Waals surface area (Å²) in [7, 11) is 0. The first kappa shape index (κ1) is 14.4. The minimum absolute atomic E-state index is 0.366. The van der Waals surface area contributed by atoms with Crippen LogP contribution in [0.4, 0.5) is 0 Å². The maximum absolute atomic E-state index is 12.2. The van der Waals surface area contributed by atoms with E-state index in [4.69, 9.17) is 0 Å². The summed E-state index contributed by atoms with van der Waals surface area (Å²) in [5, 5.41) is 0. The summed E-state index contributed by atoms with van der Waals surface area (Å²) in [5.41, 5.74) is 0.543. The van der Waals surface area contributed by atoms with Crippen molar-refractivity contribution in [2.45, 2.75) is 52.4 Å². The molecule has 3 rings (SSSR count). The Bertz CT molecular complexity index is 348. The summed E-state index contributed by atoms with van der Waals surface area (Å²) < 4.78 is 0. The Morgan fingerprint density at radius 3 is 2.45 bits per heavy atom. The lowest BCUT2D eigenvalue weighted by atomic mass is 9.57. The van der Waals surface area contributed by atoms with Gasteiger partial charge in [0.1, 0.15) is 0 Å². The molecule has 1 amide bonds. The van der Waals surface area contributed by atoms with E-state index in [0.29, 0.717) is 17.2 Å². The van der Waals surface area contributed by atoms with Gasteiger partial charge in [-0.15, -0.1) is 0 Å². The van der Waals surface area contributed by atoms with E-state index in [1.807, 2.05) is 0 Å². The molecule has 0 radical (unpaired) electrons. The Kier molecular flexibility index (Phi) is 4.07. The Balaban J connectivity index is 1.30. The van der Waals surface area contributed by atoms with Gasteiger partial charge >= 0.3 is 0 Å². The van der Waals surface area contributed by atoms with Gasteiger partial charge in [0.15, 0.2) is 0 Å². The zero-order valence-corrected chi connectivity index (χ0v) is 13.2. The zero-order valence-electron chi connectivity index (χ0n) is 13.2. The van der Waals surface area contributed by atoms with Crippen LogP contribution in [0.2, 0.25) is 0 Å². The van der Waals surface area contributed by atoms with Crippen LogP contribution >= 0.6 is 0 Å². The summed E-state index contributed by atoms with van der Waals surface area (Å²) >= 11 is 0. The van der Waals surface area contributed by atoms with Gasteiger partial charge in [-0.1, -0.05) is 33.1 Å². The van der Waals surface area contributed by atoms with Crippen LogP contribution in [0, 0.1) is 17.3 Å². The molecule has 0 unspecified atom stereocenters. The van der Waals surface area contributed by atoms with Crippen LogP contribution in [-0.2, 0) is 4.79 Å². The quantitative estimate of drug-likeness (QED) is 0.698. The van der Waals surface area contributed by atoms with Crippen LogP contribution in [0.15, 0.2) is 0 Å². The fourth-order valence-electron chi connectivity index (χ4n) is 4.38. The molecule has 3 nitrogen and oxygen atoms in total. The third-order valence-electron chi connectivity index (χ3n) is 5.53. The summed E-state index contributed by atoms with van der Waals surface area (Å²) in [6, 6.07) is 0. The number of nitrogens with zero attached hydrogens (tertiary/aromatic N) is 2. The van der Waals surface area contributed by atoms with E-state index in [1.165, 1.54) is 58.2 Å². The van der Waals surface area contributed by atoms with Crippen LogP contribution in [0.25, 0.3) is 0 Å². The molecule has 0 aromatic carbocycles. The SMILES string of the molecule is CCCCCCN1CC2(CC(C(=O)N3CC(C)C3)C2)C1. The second-order valence-electron chi connectivity index (χ2n) is 7.72. The lowest BCUT2D eigenvalue weighted by Crippen LogP contribution is -2.65. The largest absolute Gasteiger partial charge is 0.342 e. The molecule has 3 fully saturated rings. The molecule has 2 saturated heterocycles. The van der Waals surface area contributed by atoms with E-state index in [0.717, 1.165) is 19.0 Å². The molecular formula is C17H30N2O. The Morgan fingerprint density at radius 2 is 1.85 bits per heavy atom. The Labute approximate surface area is 123 Å². The fraction of sp³-hybridized carbons (Fsp3) is 0.941. The van der Waals surface area contributed by atoms with Gasteiger partial charge in [-0.05, 0) is 37.1 Å². The molecule has 1 aliphatic carbocycles. The summed E-state index contributed by atoms with van der Waals surface area (Å²) in [6.45, 7) is 10.3. The molecule has 3 aliphatic rings. The molecule has 1 spiro atoms. The number of carbonyl (C=O) groups is 1. The van der Waals surface area contributed by atoms with Crippen molar-refractivity contribution >= 4 is 5.91 Å². The molecule has 3 heteroatoms. The Morgan fingerprint density at radius 1 is 1.15 bits per heavy atom. The molecular weight excluding hydrogens is 248 g/mol. The van der Waals surface area contributed by atoms with E-state index in [2.05, 4.69) is 23.6 Å². The Hall–Kier alpha value is -0.570. The van der Waals surface area contributed by atoms with Crippen molar-refractivity contribution in [3.63, 3.8) is 0 Å². The van der Waals surface area contributed by atoms with E-state index < -0.39 is 0 Å². The van der Waals surface area contributed by atoms with Crippen molar-refractivity contribution in [1.82, 2.24) is 9.80 Å². The van der Waals surface area contributed by atoms with Crippen LogP contribution < -0.4 is 0 Å². The number of likely N-dealkylation sites (tertiary alicyclic amines) is 2. The topological polar surface area (TPSA) is 23.6 Å². The van der Waals surface area contributed by atoms with Gasteiger partial charge in [-0.25, -0.2) is 0 Å². The van der Waals surface area contributed by atoms with Crippen LogP contribution in [-0.4, -0.2) is 48.4 Å².